The number of aromatic nitrogens is 2. The minimum absolute atomic E-state index is 0.265. The van der Waals surface area contributed by atoms with Crippen LogP contribution in [0.5, 0.6) is 0 Å². The first-order valence-electron chi connectivity index (χ1n) is 4.19. The van der Waals surface area contributed by atoms with Gasteiger partial charge in [0.1, 0.15) is 5.54 Å². The number of hydrogen-bond donors (Lipinski definition) is 1. The normalized spacial score (nSPS) is 18.9. The summed E-state index contributed by atoms with van der Waals surface area (Å²) in [7, 11) is 0. The number of rotatable bonds is 3. The maximum absolute atomic E-state index is 10.9. The lowest BCUT2D eigenvalue weighted by Crippen LogP contribution is -2.54. The highest BCUT2D eigenvalue weighted by molar-refractivity contribution is 9.10. The third kappa shape index (κ3) is 1.55. The van der Waals surface area contributed by atoms with Crippen molar-refractivity contribution in [3.05, 3.63) is 16.9 Å². The van der Waals surface area contributed by atoms with E-state index >= 15 is 0 Å². The van der Waals surface area contributed by atoms with Gasteiger partial charge < -0.3 is 10.5 Å². The Morgan fingerprint density at radius 3 is 2.86 bits per heavy atom. The number of carbonyl (C=O) groups is 1. The summed E-state index contributed by atoms with van der Waals surface area (Å²) < 4.78 is 7.74. The van der Waals surface area contributed by atoms with Crippen molar-refractivity contribution >= 4 is 21.8 Å². The minimum Gasteiger partial charge on any atom is -0.376 e. The zero-order valence-corrected chi connectivity index (χ0v) is 9.03. The molecule has 76 valence electrons. The molecule has 5 nitrogen and oxygen atoms in total. The zero-order chi connectivity index (χ0) is 10.2. The van der Waals surface area contributed by atoms with Crippen LogP contribution in [0.15, 0.2) is 16.9 Å². The number of halogens is 1. The highest BCUT2D eigenvalue weighted by Gasteiger charge is 2.42. The van der Waals surface area contributed by atoms with Crippen molar-refractivity contribution in [2.75, 3.05) is 13.2 Å². The summed E-state index contributed by atoms with van der Waals surface area (Å²) in [5.41, 5.74) is 4.82. The lowest BCUT2D eigenvalue weighted by molar-refractivity contribution is -0.137. The molecule has 2 N–H and O–H groups in total. The predicted octanol–water partition coefficient (Wildman–Crippen LogP) is 0.246. The number of amides is 1. The zero-order valence-electron chi connectivity index (χ0n) is 7.44. The molecular formula is C8H10BrN3O2. The van der Waals surface area contributed by atoms with Crippen molar-refractivity contribution in [1.29, 1.82) is 0 Å². The van der Waals surface area contributed by atoms with Crippen molar-refractivity contribution in [3.8, 4) is 0 Å². The summed E-state index contributed by atoms with van der Waals surface area (Å²) in [6, 6.07) is 0. The van der Waals surface area contributed by atoms with Gasteiger partial charge >= 0.3 is 0 Å². The van der Waals surface area contributed by atoms with Crippen LogP contribution in [0.25, 0.3) is 0 Å². The summed E-state index contributed by atoms with van der Waals surface area (Å²) in [5.74, 6) is -0.333. The van der Waals surface area contributed by atoms with Gasteiger partial charge in [-0.3, -0.25) is 9.48 Å². The van der Waals surface area contributed by atoms with Gasteiger partial charge in [-0.2, -0.15) is 5.10 Å². The van der Waals surface area contributed by atoms with Crippen LogP contribution in [-0.2, 0) is 15.1 Å². The highest BCUT2D eigenvalue weighted by atomic mass is 79.9. The molecular weight excluding hydrogens is 250 g/mol. The molecule has 1 aliphatic rings. The lowest BCUT2D eigenvalue weighted by atomic mass is 9.93. The third-order valence-corrected chi connectivity index (χ3v) is 2.69. The van der Waals surface area contributed by atoms with E-state index < -0.39 is 0 Å². The summed E-state index contributed by atoms with van der Waals surface area (Å²) in [6.07, 6.45) is 3.77. The number of nitrogens with two attached hydrogens (primary N) is 1. The van der Waals surface area contributed by atoms with Gasteiger partial charge in [0, 0.05) is 6.20 Å². The Hall–Kier alpha value is -0.880. The number of carbonyl (C=O) groups excluding carboxylic acids is 1. The van der Waals surface area contributed by atoms with E-state index in [-0.39, 0.29) is 17.9 Å². The SMILES string of the molecule is NC(=O)CC1(n2cc(Br)cn2)COC1. The number of primary amides is 1. The summed E-state index contributed by atoms with van der Waals surface area (Å²) in [5, 5.41) is 4.15. The molecule has 1 amide bonds. The largest absolute Gasteiger partial charge is 0.376 e. The third-order valence-electron chi connectivity index (χ3n) is 2.28. The topological polar surface area (TPSA) is 70.1 Å². The van der Waals surface area contributed by atoms with Gasteiger partial charge in [0.2, 0.25) is 5.91 Å². The first kappa shape index (κ1) is 9.67. The fourth-order valence-electron chi connectivity index (χ4n) is 1.54. The van der Waals surface area contributed by atoms with E-state index in [0.29, 0.717) is 13.2 Å². The van der Waals surface area contributed by atoms with Crippen molar-refractivity contribution in [2.45, 2.75) is 12.0 Å². The monoisotopic (exact) mass is 259 g/mol. The quantitative estimate of drug-likeness (QED) is 0.846. The predicted molar refractivity (Wildman–Crippen MR) is 52.5 cm³/mol. The molecule has 0 bridgehead atoms. The van der Waals surface area contributed by atoms with E-state index in [4.69, 9.17) is 10.5 Å². The molecule has 2 rings (SSSR count). The molecule has 0 radical (unpaired) electrons. The van der Waals surface area contributed by atoms with E-state index in [9.17, 15) is 4.79 Å². The van der Waals surface area contributed by atoms with Crippen molar-refractivity contribution < 1.29 is 9.53 Å². The smallest absolute Gasteiger partial charge is 0.220 e. The summed E-state index contributed by atoms with van der Waals surface area (Å²) in [6.45, 7) is 0.980. The van der Waals surface area contributed by atoms with E-state index in [1.54, 1.807) is 10.9 Å². The van der Waals surface area contributed by atoms with Crippen LogP contribution in [-0.4, -0.2) is 28.9 Å². The molecule has 0 aliphatic carbocycles. The molecule has 1 aromatic rings. The van der Waals surface area contributed by atoms with Crippen LogP contribution in [0.4, 0.5) is 0 Å². The molecule has 1 aliphatic heterocycles. The first-order chi connectivity index (χ1) is 6.62. The maximum atomic E-state index is 10.9. The molecule has 0 spiro atoms. The second kappa shape index (κ2) is 3.36. The van der Waals surface area contributed by atoms with Crippen molar-refractivity contribution in [2.24, 2.45) is 5.73 Å². The average Bonchev–Trinajstić information content (AvgIpc) is 2.44. The number of nitrogens with zero attached hydrogens (tertiary/aromatic N) is 2. The second-order valence-corrected chi connectivity index (χ2v) is 4.38. The molecule has 1 fully saturated rings. The Labute approximate surface area is 89.3 Å². The van der Waals surface area contributed by atoms with Gasteiger partial charge in [-0.1, -0.05) is 0 Å². The van der Waals surface area contributed by atoms with Crippen molar-refractivity contribution in [3.63, 3.8) is 0 Å². The molecule has 2 heterocycles. The average molecular weight is 260 g/mol. The Kier molecular flexibility index (Phi) is 2.32. The van der Waals surface area contributed by atoms with E-state index in [2.05, 4.69) is 21.0 Å². The van der Waals surface area contributed by atoms with Crippen molar-refractivity contribution in [1.82, 2.24) is 9.78 Å². The van der Waals surface area contributed by atoms with Crippen LogP contribution >= 0.6 is 15.9 Å². The molecule has 0 unspecified atom stereocenters. The minimum atomic E-state index is -0.363. The molecule has 0 saturated carbocycles. The Morgan fingerprint density at radius 2 is 2.50 bits per heavy atom. The van der Waals surface area contributed by atoms with Crippen LogP contribution in [0.2, 0.25) is 0 Å². The molecule has 1 aromatic heterocycles. The van der Waals surface area contributed by atoms with Gasteiger partial charge in [0.05, 0.1) is 30.3 Å². The Morgan fingerprint density at radius 1 is 1.79 bits per heavy atom. The number of hydrogen-bond acceptors (Lipinski definition) is 3. The summed E-state index contributed by atoms with van der Waals surface area (Å²) in [4.78, 5) is 10.9. The fourth-order valence-corrected chi connectivity index (χ4v) is 1.82. The summed E-state index contributed by atoms with van der Waals surface area (Å²) >= 11 is 3.30. The van der Waals surface area contributed by atoms with Gasteiger partial charge in [-0.15, -0.1) is 0 Å². The first-order valence-corrected chi connectivity index (χ1v) is 4.98. The molecule has 6 heteroatoms. The van der Waals surface area contributed by atoms with E-state index in [1.165, 1.54) is 0 Å². The number of ether oxygens (including phenoxy) is 1. The van der Waals surface area contributed by atoms with Crippen LogP contribution in [0, 0.1) is 0 Å². The van der Waals surface area contributed by atoms with E-state index in [0.717, 1.165) is 4.47 Å². The molecule has 14 heavy (non-hydrogen) atoms. The Balaban J connectivity index is 2.24. The van der Waals surface area contributed by atoms with Gasteiger partial charge in [-0.25, -0.2) is 0 Å². The molecule has 0 aromatic carbocycles. The van der Waals surface area contributed by atoms with Crippen LogP contribution in [0.3, 0.4) is 0 Å². The second-order valence-electron chi connectivity index (χ2n) is 3.46. The fraction of sp³-hybridized carbons (Fsp3) is 0.500. The van der Waals surface area contributed by atoms with Gasteiger partial charge in [0.15, 0.2) is 0 Å². The van der Waals surface area contributed by atoms with Crippen LogP contribution in [0.1, 0.15) is 6.42 Å². The molecule has 1 saturated heterocycles. The Bertz CT molecular complexity index is 359. The van der Waals surface area contributed by atoms with Crippen LogP contribution < -0.4 is 5.73 Å². The van der Waals surface area contributed by atoms with E-state index in [1.807, 2.05) is 6.20 Å². The lowest BCUT2D eigenvalue weighted by Gasteiger charge is -2.40. The highest BCUT2D eigenvalue weighted by Crippen LogP contribution is 2.30. The standard InChI is InChI=1S/C8H10BrN3O2/c9-6-2-11-12(3-6)8(1-7(10)13)4-14-5-8/h2-3H,1,4-5H2,(H2,10,13). The van der Waals surface area contributed by atoms with Gasteiger partial charge in [-0.05, 0) is 15.9 Å². The van der Waals surface area contributed by atoms with Gasteiger partial charge in [0.25, 0.3) is 0 Å². The maximum Gasteiger partial charge on any atom is 0.220 e. The molecule has 0 atom stereocenters.